The van der Waals surface area contributed by atoms with Crippen molar-refractivity contribution in [3.05, 3.63) is 23.2 Å². The molecule has 0 unspecified atom stereocenters. The van der Waals surface area contributed by atoms with E-state index < -0.39 is 6.61 Å². The second kappa shape index (κ2) is 7.03. The van der Waals surface area contributed by atoms with Crippen LogP contribution in [0.1, 0.15) is 0 Å². The lowest BCUT2D eigenvalue weighted by Crippen LogP contribution is -2.12. The van der Waals surface area contributed by atoms with E-state index in [0.29, 0.717) is 5.02 Å². The predicted octanol–water partition coefficient (Wildman–Crippen LogP) is 3.36. The van der Waals surface area contributed by atoms with Crippen molar-refractivity contribution in [2.75, 3.05) is 6.26 Å². The number of benzene rings is 1. The van der Waals surface area contributed by atoms with Crippen molar-refractivity contribution in [3.8, 4) is 11.9 Å². The number of hydrogen-bond acceptors (Lipinski definition) is 4. The fourth-order valence-corrected chi connectivity index (χ4v) is 1.56. The zero-order valence-electron chi connectivity index (χ0n) is 9.15. The van der Waals surface area contributed by atoms with Gasteiger partial charge in [-0.15, -0.1) is 0 Å². The van der Waals surface area contributed by atoms with Crippen LogP contribution in [0.4, 0.5) is 14.5 Å². The zero-order valence-corrected chi connectivity index (χ0v) is 10.7. The summed E-state index contributed by atoms with van der Waals surface area (Å²) in [4.78, 5) is 3.98. The maximum atomic E-state index is 12.2. The van der Waals surface area contributed by atoms with Crippen molar-refractivity contribution in [2.45, 2.75) is 6.61 Å². The number of rotatable bonds is 3. The van der Waals surface area contributed by atoms with Gasteiger partial charge in [0.25, 0.3) is 0 Å². The summed E-state index contributed by atoms with van der Waals surface area (Å²) in [5, 5.41) is 11.4. The highest BCUT2D eigenvalue weighted by Crippen LogP contribution is 2.32. The minimum atomic E-state index is -2.96. The van der Waals surface area contributed by atoms with Crippen LogP contribution in [0.2, 0.25) is 5.02 Å². The van der Waals surface area contributed by atoms with Crippen LogP contribution in [0.25, 0.3) is 0 Å². The molecule has 0 aliphatic heterocycles. The first-order chi connectivity index (χ1) is 8.56. The third kappa shape index (κ3) is 4.39. The summed E-state index contributed by atoms with van der Waals surface area (Å²) in [5.41, 5.74) is 0.120. The van der Waals surface area contributed by atoms with E-state index in [1.165, 1.54) is 18.2 Å². The Kier molecular flexibility index (Phi) is 5.68. The first kappa shape index (κ1) is 14.5. The van der Waals surface area contributed by atoms with Gasteiger partial charge in [0.2, 0.25) is 0 Å². The predicted molar refractivity (Wildman–Crippen MR) is 67.4 cm³/mol. The molecular formula is C10H8ClF2N3OS. The summed E-state index contributed by atoms with van der Waals surface area (Å²) in [6.45, 7) is -2.96. The molecule has 0 amide bonds. The van der Waals surface area contributed by atoms with Crippen molar-refractivity contribution < 1.29 is 13.5 Å². The van der Waals surface area contributed by atoms with Crippen molar-refractivity contribution in [1.29, 1.82) is 5.26 Å². The highest BCUT2D eigenvalue weighted by Gasteiger charge is 2.10. The molecule has 0 spiro atoms. The average molecular weight is 292 g/mol. The Morgan fingerprint density at radius 3 is 2.89 bits per heavy atom. The molecule has 1 rings (SSSR count). The highest BCUT2D eigenvalue weighted by molar-refractivity contribution is 8.13. The number of aliphatic imine (C=N–C) groups is 1. The fraction of sp³-hybridized carbons (Fsp3) is 0.200. The molecule has 0 fully saturated rings. The van der Waals surface area contributed by atoms with E-state index in [-0.39, 0.29) is 16.6 Å². The number of halogens is 3. The van der Waals surface area contributed by atoms with E-state index in [4.69, 9.17) is 16.9 Å². The van der Waals surface area contributed by atoms with Gasteiger partial charge in [-0.2, -0.15) is 14.0 Å². The lowest BCUT2D eigenvalue weighted by atomic mass is 10.3. The van der Waals surface area contributed by atoms with E-state index in [1.54, 1.807) is 12.4 Å². The Morgan fingerprint density at radius 1 is 1.61 bits per heavy atom. The smallest absolute Gasteiger partial charge is 0.387 e. The number of alkyl halides is 2. The van der Waals surface area contributed by atoms with Gasteiger partial charge in [0, 0.05) is 5.02 Å². The molecule has 0 aromatic heterocycles. The summed E-state index contributed by atoms with van der Waals surface area (Å²) in [6.07, 6.45) is 3.37. The molecule has 0 aliphatic carbocycles. The van der Waals surface area contributed by atoms with Gasteiger partial charge in [-0.3, -0.25) is 5.32 Å². The van der Waals surface area contributed by atoms with Gasteiger partial charge in [0.05, 0.1) is 0 Å². The topological polar surface area (TPSA) is 57.4 Å². The summed E-state index contributed by atoms with van der Waals surface area (Å²) in [7, 11) is 0. The molecule has 18 heavy (non-hydrogen) atoms. The molecule has 0 bridgehead atoms. The molecule has 1 N–H and O–H groups in total. The number of hydrogen-bond donors (Lipinski definition) is 1. The molecule has 1 aromatic carbocycles. The standard InChI is InChI=1S/C10H8ClF2N3OS/c1-18-10(15-5-14)16-7-4-6(11)2-3-8(7)17-9(12)13/h2-4,9H,1H3,(H,15,16). The van der Waals surface area contributed by atoms with Crippen LogP contribution >= 0.6 is 23.4 Å². The molecule has 96 valence electrons. The third-order valence-electron chi connectivity index (χ3n) is 1.72. The number of amidine groups is 1. The Balaban J connectivity index is 3.12. The maximum absolute atomic E-state index is 12.2. The largest absolute Gasteiger partial charge is 0.433 e. The van der Waals surface area contributed by atoms with Crippen molar-refractivity contribution >= 4 is 34.2 Å². The minimum absolute atomic E-state index is 0.110. The summed E-state index contributed by atoms with van der Waals surface area (Å²) >= 11 is 6.91. The Hall–Kier alpha value is -1.52. The van der Waals surface area contributed by atoms with Crippen molar-refractivity contribution in [2.24, 2.45) is 4.99 Å². The van der Waals surface area contributed by atoms with Crippen molar-refractivity contribution in [1.82, 2.24) is 5.32 Å². The second-order valence-corrected chi connectivity index (χ2v) is 4.08. The number of nitrogens with one attached hydrogen (secondary N) is 1. The zero-order chi connectivity index (χ0) is 13.5. The molecule has 8 heteroatoms. The van der Waals surface area contributed by atoms with Crippen LogP contribution in [0, 0.1) is 11.5 Å². The highest BCUT2D eigenvalue weighted by atomic mass is 35.5. The van der Waals surface area contributed by atoms with E-state index >= 15 is 0 Å². The van der Waals surface area contributed by atoms with E-state index in [9.17, 15) is 8.78 Å². The summed E-state index contributed by atoms with van der Waals surface area (Å²) < 4.78 is 28.7. The fourth-order valence-electron chi connectivity index (χ4n) is 1.06. The van der Waals surface area contributed by atoms with Gasteiger partial charge in [0.1, 0.15) is 5.69 Å². The van der Waals surface area contributed by atoms with Gasteiger partial charge < -0.3 is 4.74 Å². The van der Waals surface area contributed by atoms with E-state index in [0.717, 1.165) is 11.8 Å². The van der Waals surface area contributed by atoms with Crippen LogP contribution in [0.3, 0.4) is 0 Å². The molecule has 0 aliphatic rings. The van der Waals surface area contributed by atoms with Crippen LogP contribution < -0.4 is 10.1 Å². The van der Waals surface area contributed by atoms with Crippen LogP contribution in [0.5, 0.6) is 5.75 Å². The molecule has 0 atom stereocenters. The Morgan fingerprint density at radius 2 is 2.33 bits per heavy atom. The third-order valence-corrected chi connectivity index (χ3v) is 2.53. The number of nitriles is 1. The maximum Gasteiger partial charge on any atom is 0.387 e. The molecule has 4 nitrogen and oxygen atoms in total. The van der Waals surface area contributed by atoms with Gasteiger partial charge >= 0.3 is 6.61 Å². The van der Waals surface area contributed by atoms with Gasteiger partial charge in [-0.05, 0) is 24.5 Å². The van der Waals surface area contributed by atoms with E-state index in [2.05, 4.69) is 15.0 Å². The van der Waals surface area contributed by atoms with Crippen LogP contribution in [0.15, 0.2) is 23.2 Å². The second-order valence-electron chi connectivity index (χ2n) is 2.85. The first-order valence-corrected chi connectivity index (χ1v) is 6.19. The number of ether oxygens (including phenoxy) is 1. The molecule has 0 heterocycles. The number of nitrogens with zero attached hydrogens (tertiary/aromatic N) is 2. The quantitative estimate of drug-likeness (QED) is 0.401. The first-order valence-electron chi connectivity index (χ1n) is 4.59. The van der Waals surface area contributed by atoms with Gasteiger partial charge in [0.15, 0.2) is 17.1 Å². The summed E-state index contributed by atoms with van der Waals surface area (Å²) in [6, 6.07) is 4.07. The Labute approximate surface area is 112 Å². The van der Waals surface area contributed by atoms with Gasteiger partial charge in [-0.25, -0.2) is 4.99 Å². The summed E-state index contributed by atoms with van der Waals surface area (Å²) in [5.74, 6) is -0.110. The van der Waals surface area contributed by atoms with Gasteiger partial charge in [-0.1, -0.05) is 23.4 Å². The van der Waals surface area contributed by atoms with Crippen LogP contribution in [-0.2, 0) is 0 Å². The van der Waals surface area contributed by atoms with Crippen LogP contribution in [-0.4, -0.2) is 18.0 Å². The lowest BCUT2D eigenvalue weighted by Gasteiger charge is -2.08. The average Bonchev–Trinajstić information content (AvgIpc) is 2.31. The lowest BCUT2D eigenvalue weighted by molar-refractivity contribution is -0.0494. The molecule has 0 saturated heterocycles. The number of thioether (sulfide) groups is 1. The normalized spacial score (nSPS) is 11.2. The SMILES string of the molecule is CSC(=Nc1cc(Cl)ccc1OC(F)F)NC#N. The minimum Gasteiger partial charge on any atom is -0.433 e. The molecular weight excluding hydrogens is 284 g/mol. The molecule has 0 saturated carbocycles. The molecule has 1 aromatic rings. The Bertz CT molecular complexity index is 491. The molecule has 0 radical (unpaired) electrons. The van der Waals surface area contributed by atoms with E-state index in [1.807, 2.05) is 0 Å². The monoisotopic (exact) mass is 291 g/mol. The van der Waals surface area contributed by atoms with Crippen molar-refractivity contribution in [3.63, 3.8) is 0 Å².